The summed E-state index contributed by atoms with van der Waals surface area (Å²) in [5.74, 6) is 0.937. The van der Waals surface area contributed by atoms with E-state index in [1.807, 2.05) is 19.1 Å². The molecule has 58 valence electrons. The van der Waals surface area contributed by atoms with Crippen molar-refractivity contribution < 1.29 is 3.79 Å². The average Bonchev–Trinajstić information content (AvgIpc) is 1.99. The van der Waals surface area contributed by atoms with Crippen LogP contribution in [0.15, 0.2) is 18.2 Å². The standard InChI is InChI=1S/C8H10O.Al.ClH.H/c1-6-4-3-5-8(9)7(6)2;;;/h3-5,9H,1-2H3;;1H;/q;+2;;/p-2. The Bertz CT molecular complexity index is 250. The molecule has 0 spiro atoms. The van der Waals surface area contributed by atoms with E-state index in [0.29, 0.717) is 0 Å². The molecule has 0 saturated heterocycles. The van der Waals surface area contributed by atoms with E-state index in [4.69, 9.17) is 13.8 Å². The summed E-state index contributed by atoms with van der Waals surface area (Å²) in [4.78, 5) is 0. The van der Waals surface area contributed by atoms with E-state index >= 15 is 0 Å². The van der Waals surface area contributed by atoms with Crippen molar-refractivity contribution in [2.75, 3.05) is 0 Å². The molecule has 0 amide bonds. The maximum absolute atomic E-state index is 5.58. The summed E-state index contributed by atoms with van der Waals surface area (Å²) >= 11 is -0.849. The highest BCUT2D eigenvalue weighted by Crippen LogP contribution is 2.19. The molecule has 0 unspecified atom stereocenters. The highest BCUT2D eigenvalue weighted by atomic mass is 35.6. The van der Waals surface area contributed by atoms with E-state index in [2.05, 4.69) is 13.0 Å². The third-order valence-electron chi connectivity index (χ3n) is 1.76. The molecule has 0 fully saturated rings. The van der Waals surface area contributed by atoms with Gasteiger partial charge in [0.05, 0.1) is 5.75 Å². The molecule has 0 aromatic heterocycles. The van der Waals surface area contributed by atoms with Gasteiger partial charge in [0.25, 0.3) is 0 Å². The molecule has 1 rings (SSSR count). The second kappa shape index (κ2) is 4.02. The van der Waals surface area contributed by atoms with Crippen LogP contribution in [-0.4, -0.2) is 14.6 Å². The molecule has 0 aliphatic carbocycles. The first kappa shape index (κ1) is 8.93. The molecule has 0 atom stereocenters. The lowest BCUT2D eigenvalue weighted by molar-refractivity contribution is 0.603. The summed E-state index contributed by atoms with van der Waals surface area (Å²) in [6.07, 6.45) is 0. The van der Waals surface area contributed by atoms with E-state index in [-0.39, 0.29) is 0 Å². The van der Waals surface area contributed by atoms with Gasteiger partial charge in [-0.15, -0.1) is 0 Å². The van der Waals surface area contributed by atoms with Gasteiger partial charge in [0, 0.05) is 0 Å². The van der Waals surface area contributed by atoms with Gasteiger partial charge in [0.15, 0.2) is 0 Å². The van der Waals surface area contributed by atoms with Gasteiger partial charge in [-0.05, 0) is 31.0 Å². The lowest BCUT2D eigenvalue weighted by Gasteiger charge is -2.08. The number of aryl methyl sites for hydroxylation is 1. The molecule has 11 heavy (non-hydrogen) atoms. The Balaban J connectivity index is 2.96. The third kappa shape index (κ3) is 2.13. The van der Waals surface area contributed by atoms with Crippen molar-refractivity contribution >= 4 is 24.7 Å². The molecule has 3 heteroatoms. The van der Waals surface area contributed by atoms with Crippen molar-refractivity contribution in [2.45, 2.75) is 13.8 Å². The highest BCUT2D eigenvalue weighted by Gasteiger charge is 2.00. The van der Waals surface area contributed by atoms with E-state index in [1.54, 1.807) is 0 Å². The van der Waals surface area contributed by atoms with Crippen LogP contribution in [0.1, 0.15) is 11.1 Å². The minimum atomic E-state index is -0.849. The number of halogens is 1. The molecular weight excluding hydrogens is 175 g/mol. The van der Waals surface area contributed by atoms with E-state index in [9.17, 15) is 0 Å². The first-order valence-corrected chi connectivity index (χ1v) is 6.22. The minimum absolute atomic E-state index is 0.849. The number of hydrogen-bond donors (Lipinski definition) is 0. The molecule has 1 nitrogen and oxygen atoms in total. The van der Waals surface area contributed by atoms with Gasteiger partial charge in [-0.25, -0.2) is 10.0 Å². The normalized spacial score (nSPS) is 9.36. The summed E-state index contributed by atoms with van der Waals surface area (Å²) in [5, 5.41) is 0. The topological polar surface area (TPSA) is 9.23 Å². The van der Waals surface area contributed by atoms with Crippen LogP contribution in [0.5, 0.6) is 5.75 Å². The van der Waals surface area contributed by atoms with Gasteiger partial charge < -0.3 is 3.79 Å². The van der Waals surface area contributed by atoms with Gasteiger partial charge in [0.2, 0.25) is 0 Å². The van der Waals surface area contributed by atoms with Gasteiger partial charge in [-0.1, -0.05) is 12.1 Å². The summed E-state index contributed by atoms with van der Waals surface area (Å²) in [6.45, 7) is 4.11. The van der Waals surface area contributed by atoms with E-state index < -0.39 is 14.6 Å². The minimum Gasteiger partial charge on any atom is -0.634 e. The first-order chi connectivity index (χ1) is 5.25. The molecular formula is C8H10AlClO. The molecule has 0 saturated carbocycles. The maximum atomic E-state index is 5.58. The fourth-order valence-corrected chi connectivity index (χ4v) is 1.72. The second-order valence-electron chi connectivity index (χ2n) is 2.45. The van der Waals surface area contributed by atoms with E-state index in [1.165, 1.54) is 11.1 Å². The lowest BCUT2D eigenvalue weighted by Crippen LogP contribution is -1.96. The Morgan fingerprint density at radius 1 is 1.36 bits per heavy atom. The van der Waals surface area contributed by atoms with Gasteiger partial charge in [0.1, 0.15) is 0 Å². The van der Waals surface area contributed by atoms with Crippen LogP contribution < -0.4 is 3.79 Å². The zero-order valence-electron chi connectivity index (χ0n) is 6.73. The molecule has 0 aliphatic rings. The predicted octanol–water partition coefficient (Wildman–Crippen LogP) is 2.19. The first-order valence-electron chi connectivity index (χ1n) is 3.50. The zero-order valence-corrected chi connectivity index (χ0v) is 8.90. The molecule has 0 bridgehead atoms. The van der Waals surface area contributed by atoms with Crippen LogP contribution in [0.3, 0.4) is 0 Å². The smallest absolute Gasteiger partial charge is 0.634 e. The Labute approximate surface area is 77.6 Å². The van der Waals surface area contributed by atoms with Gasteiger partial charge in [-0.2, -0.15) is 0 Å². The van der Waals surface area contributed by atoms with Crippen molar-refractivity contribution in [1.29, 1.82) is 0 Å². The quantitative estimate of drug-likeness (QED) is 0.641. The Morgan fingerprint density at radius 3 is 2.73 bits per heavy atom. The fourth-order valence-electron chi connectivity index (χ4n) is 0.939. The molecule has 0 heterocycles. The van der Waals surface area contributed by atoms with Crippen LogP contribution in [0.25, 0.3) is 0 Å². The maximum Gasteiger partial charge on any atom is 0.655 e. The lowest BCUT2D eigenvalue weighted by atomic mass is 10.1. The SMILES string of the molecule is Cc1cccc([O][AlH][Cl])c1C. The number of benzene rings is 1. The largest absolute Gasteiger partial charge is 0.655 e. The van der Waals surface area contributed by atoms with Crippen LogP contribution >= 0.6 is 10.0 Å². The zero-order chi connectivity index (χ0) is 8.27. The third-order valence-corrected chi connectivity index (χ3v) is 2.51. The van der Waals surface area contributed by atoms with Crippen molar-refractivity contribution in [2.24, 2.45) is 0 Å². The van der Waals surface area contributed by atoms with Crippen LogP contribution in [0.4, 0.5) is 0 Å². The summed E-state index contributed by atoms with van der Waals surface area (Å²) in [5.41, 5.74) is 2.45. The van der Waals surface area contributed by atoms with Gasteiger partial charge in [-0.3, -0.25) is 0 Å². The molecule has 0 radical (unpaired) electrons. The second-order valence-corrected chi connectivity index (χ2v) is 3.61. The Hall–Kier alpha value is -0.158. The molecule has 0 N–H and O–H groups in total. The predicted molar refractivity (Wildman–Crippen MR) is 49.5 cm³/mol. The van der Waals surface area contributed by atoms with E-state index in [0.717, 1.165) is 5.75 Å². The summed E-state index contributed by atoms with van der Waals surface area (Å²) in [7, 11) is 5.58. The van der Waals surface area contributed by atoms with Crippen molar-refractivity contribution in [3.63, 3.8) is 0 Å². The summed E-state index contributed by atoms with van der Waals surface area (Å²) < 4.78 is 5.32. The monoisotopic (exact) mass is 184 g/mol. The summed E-state index contributed by atoms with van der Waals surface area (Å²) in [6, 6.07) is 6.01. The van der Waals surface area contributed by atoms with Crippen LogP contribution in [0, 0.1) is 13.8 Å². The Kier molecular flexibility index (Phi) is 3.26. The highest BCUT2D eigenvalue weighted by molar-refractivity contribution is 6.90. The van der Waals surface area contributed by atoms with Crippen molar-refractivity contribution in [3.8, 4) is 5.75 Å². The number of hydrogen-bond acceptors (Lipinski definition) is 1. The fraction of sp³-hybridized carbons (Fsp3) is 0.250. The Morgan fingerprint density at radius 2 is 2.09 bits per heavy atom. The molecule has 0 aliphatic heterocycles. The molecule has 1 aromatic carbocycles. The van der Waals surface area contributed by atoms with Gasteiger partial charge >= 0.3 is 14.6 Å². The van der Waals surface area contributed by atoms with Crippen molar-refractivity contribution in [1.82, 2.24) is 0 Å². The van der Waals surface area contributed by atoms with Crippen LogP contribution in [-0.2, 0) is 0 Å². The van der Waals surface area contributed by atoms with Crippen molar-refractivity contribution in [3.05, 3.63) is 29.3 Å². The average molecular weight is 185 g/mol. The number of rotatable bonds is 2. The molecule has 1 aromatic rings. The van der Waals surface area contributed by atoms with Crippen LogP contribution in [0.2, 0.25) is 0 Å².